The highest BCUT2D eigenvalue weighted by atomic mass is 14.9. The Morgan fingerprint density at radius 2 is 0.593 bits per heavy atom. The lowest BCUT2D eigenvalue weighted by molar-refractivity contribution is 0.641. The van der Waals surface area contributed by atoms with Crippen LogP contribution in [0.1, 0.15) is 25.0 Å². The molecule has 0 bridgehead atoms. The summed E-state index contributed by atoms with van der Waals surface area (Å²) in [5.41, 5.74) is 11.9. The van der Waals surface area contributed by atoms with Crippen molar-refractivity contribution in [3.8, 4) is 67.8 Å². The third-order valence-corrected chi connectivity index (χ3v) is 11.4. The molecular formula is C55H40N4. The van der Waals surface area contributed by atoms with Crippen LogP contribution in [0.5, 0.6) is 0 Å². The van der Waals surface area contributed by atoms with E-state index in [2.05, 4.69) is 208 Å². The van der Waals surface area contributed by atoms with Gasteiger partial charge >= 0.3 is 0 Å². The van der Waals surface area contributed by atoms with E-state index in [1.54, 1.807) is 0 Å². The maximum Gasteiger partial charge on any atom is 0.160 e. The number of hydrogen-bond donors (Lipinski definition) is 0. The van der Waals surface area contributed by atoms with E-state index in [1.807, 2.05) is 12.1 Å². The van der Waals surface area contributed by atoms with Gasteiger partial charge in [0.05, 0.1) is 22.8 Å². The summed E-state index contributed by atoms with van der Waals surface area (Å²) in [4.78, 5) is 20.5. The Bertz CT molecular complexity index is 2890. The average Bonchev–Trinajstić information content (AvgIpc) is 3.31. The summed E-state index contributed by atoms with van der Waals surface area (Å²) in [7, 11) is 0. The van der Waals surface area contributed by atoms with E-state index in [1.165, 1.54) is 32.7 Å². The van der Waals surface area contributed by atoms with E-state index >= 15 is 0 Å². The quantitative estimate of drug-likeness (QED) is 0.155. The van der Waals surface area contributed by atoms with Gasteiger partial charge in [0.25, 0.3) is 0 Å². The molecule has 0 radical (unpaired) electrons. The molecule has 0 spiro atoms. The molecule has 0 unspecified atom stereocenters. The molecule has 4 nitrogen and oxygen atoms in total. The number of fused-ring (bicyclic) bond motifs is 2. The highest BCUT2D eigenvalue weighted by Crippen LogP contribution is 2.36. The predicted molar refractivity (Wildman–Crippen MR) is 244 cm³/mol. The summed E-state index contributed by atoms with van der Waals surface area (Å²) < 4.78 is 0. The first-order valence-electron chi connectivity index (χ1n) is 20.0. The monoisotopic (exact) mass is 756 g/mol. The van der Waals surface area contributed by atoms with Gasteiger partial charge in [-0.2, -0.15) is 0 Å². The lowest BCUT2D eigenvalue weighted by Crippen LogP contribution is -2.18. The number of benzene rings is 8. The van der Waals surface area contributed by atoms with Gasteiger partial charge in [0.15, 0.2) is 11.6 Å². The van der Waals surface area contributed by atoms with E-state index in [9.17, 15) is 0 Å². The molecule has 0 atom stereocenters. The second kappa shape index (κ2) is 15.1. The third-order valence-electron chi connectivity index (χ3n) is 11.4. The first-order chi connectivity index (χ1) is 28.9. The van der Waals surface area contributed by atoms with E-state index in [0.717, 1.165) is 56.2 Å². The van der Waals surface area contributed by atoms with Crippen molar-refractivity contribution in [3.05, 3.63) is 217 Å². The van der Waals surface area contributed by atoms with Crippen molar-refractivity contribution in [2.24, 2.45) is 0 Å². The number of hydrogen-bond acceptors (Lipinski definition) is 4. The predicted octanol–water partition coefficient (Wildman–Crippen LogP) is 13.9. The SMILES string of the molecule is CC(C)(c1ccc(-c2nc(-c3ccccc3)cc(-c3ccc4ccccc4c3)n2)cc1)c1ccc(-c2nc(-c3ccccc3)cc(-c3ccc4ccccc4c3)n2)cc1. The molecule has 2 heterocycles. The standard InChI is InChI=1S/C55H40N4/c1-55(2,47-29-25-41(26-30-47)53-56-49(39-15-5-3-6-16-39)35-51(58-53)45-23-21-37-13-9-11-19-43(37)33-45)48-31-27-42(28-32-48)54-57-50(40-17-7-4-8-18-40)36-52(59-54)46-24-22-38-14-10-12-20-44(38)34-46/h3-36H,1-2H3. The van der Waals surface area contributed by atoms with Crippen LogP contribution in [0.15, 0.2) is 206 Å². The molecule has 0 fully saturated rings. The Morgan fingerprint density at radius 1 is 0.271 bits per heavy atom. The van der Waals surface area contributed by atoms with Gasteiger partial charge < -0.3 is 0 Å². The summed E-state index contributed by atoms with van der Waals surface area (Å²) in [6, 6.07) is 72.2. The molecule has 0 saturated heterocycles. The van der Waals surface area contributed by atoms with E-state index < -0.39 is 0 Å². The first-order valence-corrected chi connectivity index (χ1v) is 20.0. The maximum atomic E-state index is 5.14. The lowest BCUT2D eigenvalue weighted by Gasteiger charge is -2.26. The molecule has 0 aliphatic carbocycles. The van der Waals surface area contributed by atoms with Crippen molar-refractivity contribution in [2.45, 2.75) is 19.3 Å². The second-order valence-electron chi connectivity index (χ2n) is 15.6. The third kappa shape index (κ3) is 7.17. The van der Waals surface area contributed by atoms with Gasteiger partial charge in [-0.15, -0.1) is 0 Å². The van der Waals surface area contributed by atoms with Crippen LogP contribution >= 0.6 is 0 Å². The molecule has 59 heavy (non-hydrogen) atoms. The van der Waals surface area contributed by atoms with Crippen molar-refractivity contribution in [3.63, 3.8) is 0 Å². The van der Waals surface area contributed by atoms with Crippen molar-refractivity contribution < 1.29 is 0 Å². The molecular weight excluding hydrogens is 717 g/mol. The Labute approximate surface area is 344 Å². The molecule has 280 valence electrons. The number of aromatic nitrogens is 4. The highest BCUT2D eigenvalue weighted by molar-refractivity contribution is 5.88. The molecule has 0 aliphatic rings. The zero-order chi connectivity index (χ0) is 39.8. The number of rotatable bonds is 8. The maximum absolute atomic E-state index is 5.14. The van der Waals surface area contributed by atoms with Crippen LogP contribution in [0.3, 0.4) is 0 Å². The van der Waals surface area contributed by atoms with Gasteiger partial charge in [0.2, 0.25) is 0 Å². The van der Waals surface area contributed by atoms with Crippen LogP contribution in [0.25, 0.3) is 89.4 Å². The lowest BCUT2D eigenvalue weighted by atomic mass is 9.77. The Morgan fingerprint density at radius 3 is 0.983 bits per heavy atom. The number of nitrogens with zero attached hydrogens (tertiary/aromatic N) is 4. The van der Waals surface area contributed by atoms with Gasteiger partial charge in [-0.1, -0.05) is 196 Å². The van der Waals surface area contributed by atoms with Crippen LogP contribution in [0, 0.1) is 0 Å². The minimum Gasteiger partial charge on any atom is -0.228 e. The van der Waals surface area contributed by atoms with Crippen molar-refractivity contribution in [1.82, 2.24) is 19.9 Å². The molecule has 4 heteroatoms. The Balaban J connectivity index is 0.969. The largest absolute Gasteiger partial charge is 0.228 e. The fraction of sp³-hybridized carbons (Fsp3) is 0.0545. The van der Waals surface area contributed by atoms with E-state index in [-0.39, 0.29) is 5.41 Å². The summed E-state index contributed by atoms with van der Waals surface area (Å²) in [5.74, 6) is 1.40. The minimum atomic E-state index is -0.275. The molecule has 0 N–H and O–H groups in total. The van der Waals surface area contributed by atoms with Crippen LogP contribution in [0.4, 0.5) is 0 Å². The minimum absolute atomic E-state index is 0.275. The van der Waals surface area contributed by atoms with Crippen LogP contribution < -0.4 is 0 Å². The highest BCUT2D eigenvalue weighted by Gasteiger charge is 2.24. The van der Waals surface area contributed by atoms with Gasteiger partial charge in [-0.25, -0.2) is 19.9 Å². The van der Waals surface area contributed by atoms with Crippen molar-refractivity contribution >= 4 is 21.5 Å². The van der Waals surface area contributed by atoms with Crippen LogP contribution in [0.2, 0.25) is 0 Å². The molecule has 0 saturated carbocycles. The fourth-order valence-corrected chi connectivity index (χ4v) is 7.90. The fourth-order valence-electron chi connectivity index (χ4n) is 7.90. The van der Waals surface area contributed by atoms with Gasteiger partial charge in [-0.3, -0.25) is 0 Å². The van der Waals surface area contributed by atoms with Crippen LogP contribution in [-0.2, 0) is 5.41 Å². The second-order valence-corrected chi connectivity index (χ2v) is 15.6. The topological polar surface area (TPSA) is 51.6 Å². The Kier molecular flexibility index (Phi) is 9.15. The van der Waals surface area contributed by atoms with E-state index in [4.69, 9.17) is 19.9 Å². The van der Waals surface area contributed by atoms with Gasteiger partial charge in [0.1, 0.15) is 0 Å². The van der Waals surface area contributed by atoms with Crippen LogP contribution in [-0.4, -0.2) is 19.9 Å². The zero-order valence-corrected chi connectivity index (χ0v) is 32.9. The average molecular weight is 757 g/mol. The summed E-state index contributed by atoms with van der Waals surface area (Å²) in [6.45, 7) is 4.54. The molecule has 0 aliphatic heterocycles. The Hall–Kier alpha value is -7.56. The molecule has 0 amide bonds. The summed E-state index contributed by atoms with van der Waals surface area (Å²) in [6.07, 6.45) is 0. The molecule has 2 aromatic heterocycles. The normalized spacial score (nSPS) is 11.6. The van der Waals surface area contributed by atoms with Gasteiger partial charge in [0, 0.05) is 38.8 Å². The van der Waals surface area contributed by atoms with Gasteiger partial charge in [-0.05, 0) is 56.9 Å². The molecule has 8 aromatic carbocycles. The van der Waals surface area contributed by atoms with E-state index in [0.29, 0.717) is 11.6 Å². The zero-order valence-electron chi connectivity index (χ0n) is 32.9. The molecule has 10 rings (SSSR count). The summed E-state index contributed by atoms with van der Waals surface area (Å²) >= 11 is 0. The smallest absolute Gasteiger partial charge is 0.160 e. The first kappa shape index (κ1) is 35.8. The molecule has 10 aromatic rings. The van der Waals surface area contributed by atoms with Crippen molar-refractivity contribution in [2.75, 3.05) is 0 Å². The summed E-state index contributed by atoms with van der Waals surface area (Å²) in [5, 5.41) is 4.78. The van der Waals surface area contributed by atoms with Crippen molar-refractivity contribution in [1.29, 1.82) is 0 Å².